The zero-order valence-electron chi connectivity index (χ0n) is 7.65. The molecule has 0 aromatic rings. The zero-order chi connectivity index (χ0) is 12.1. The molecule has 92 valence electrons. The van der Waals surface area contributed by atoms with Crippen molar-refractivity contribution in [1.82, 2.24) is 4.90 Å². The van der Waals surface area contributed by atoms with Crippen molar-refractivity contribution in [3.05, 3.63) is 0 Å². The highest BCUT2D eigenvalue weighted by Crippen LogP contribution is 2.27. The number of aliphatic hydroxyl groups is 1. The SMILES string of the molecule is OCCN(CC(F)F)CC(Br)C(F)(F)F. The Balaban J connectivity index is 4.15. The summed E-state index contributed by atoms with van der Waals surface area (Å²) in [5.74, 6) is 0. The highest BCUT2D eigenvalue weighted by atomic mass is 79.9. The molecule has 1 atom stereocenters. The molecule has 0 bridgehead atoms. The lowest BCUT2D eigenvalue weighted by atomic mass is 10.3. The van der Waals surface area contributed by atoms with E-state index in [1.807, 2.05) is 0 Å². The number of alkyl halides is 6. The van der Waals surface area contributed by atoms with Crippen molar-refractivity contribution in [2.24, 2.45) is 0 Å². The normalized spacial score (nSPS) is 15.0. The van der Waals surface area contributed by atoms with Gasteiger partial charge in [0.1, 0.15) is 4.83 Å². The molecule has 0 fully saturated rings. The first-order valence-corrected chi connectivity index (χ1v) is 5.01. The number of aliphatic hydroxyl groups excluding tert-OH is 1. The third-order valence-corrected chi connectivity index (χ3v) is 2.39. The van der Waals surface area contributed by atoms with Gasteiger partial charge < -0.3 is 5.11 Å². The summed E-state index contributed by atoms with van der Waals surface area (Å²) < 4.78 is 60.1. The summed E-state index contributed by atoms with van der Waals surface area (Å²) in [6.07, 6.45) is -7.19. The van der Waals surface area contributed by atoms with E-state index < -0.39 is 37.1 Å². The van der Waals surface area contributed by atoms with E-state index in [4.69, 9.17) is 5.11 Å². The Kier molecular flexibility index (Phi) is 6.62. The summed E-state index contributed by atoms with van der Waals surface area (Å²) >= 11 is 2.37. The Morgan fingerprint density at radius 2 is 1.73 bits per heavy atom. The van der Waals surface area contributed by atoms with Crippen LogP contribution in [0, 0.1) is 0 Å². The second kappa shape index (κ2) is 6.59. The lowest BCUT2D eigenvalue weighted by molar-refractivity contribution is -0.131. The van der Waals surface area contributed by atoms with E-state index in [-0.39, 0.29) is 6.54 Å². The summed E-state index contributed by atoms with van der Waals surface area (Å²) in [6, 6.07) is 0. The minimum absolute atomic E-state index is 0.206. The Morgan fingerprint density at radius 3 is 2.07 bits per heavy atom. The van der Waals surface area contributed by atoms with Crippen LogP contribution in [0.15, 0.2) is 0 Å². The molecule has 0 aliphatic carbocycles. The van der Waals surface area contributed by atoms with Gasteiger partial charge in [-0.25, -0.2) is 8.78 Å². The van der Waals surface area contributed by atoms with Gasteiger partial charge in [-0.2, -0.15) is 13.2 Å². The Hall–Kier alpha value is 0.0500. The summed E-state index contributed by atoms with van der Waals surface area (Å²) in [7, 11) is 0. The fourth-order valence-corrected chi connectivity index (χ4v) is 1.33. The van der Waals surface area contributed by atoms with Crippen LogP contribution in [0.2, 0.25) is 0 Å². The van der Waals surface area contributed by atoms with E-state index in [0.717, 1.165) is 4.90 Å². The molecule has 0 amide bonds. The molecule has 0 rings (SSSR count). The fraction of sp³-hybridized carbons (Fsp3) is 1.00. The highest BCUT2D eigenvalue weighted by molar-refractivity contribution is 9.09. The standard InChI is InChI=1S/C7H11BrF5NO/c8-5(7(11,12)13)3-14(1-2-15)4-6(9)10/h5-6,15H,1-4H2. The van der Waals surface area contributed by atoms with E-state index in [9.17, 15) is 22.0 Å². The molecule has 0 saturated heterocycles. The first-order chi connectivity index (χ1) is 6.77. The van der Waals surface area contributed by atoms with Crippen LogP contribution in [0.25, 0.3) is 0 Å². The average Bonchev–Trinajstić information content (AvgIpc) is 2.01. The largest absolute Gasteiger partial charge is 0.402 e. The van der Waals surface area contributed by atoms with Gasteiger partial charge in [-0.05, 0) is 0 Å². The van der Waals surface area contributed by atoms with Crippen LogP contribution in [0.5, 0.6) is 0 Å². The van der Waals surface area contributed by atoms with Crippen molar-refractivity contribution in [3.8, 4) is 0 Å². The molecule has 0 heterocycles. The van der Waals surface area contributed by atoms with Crippen molar-refractivity contribution < 1.29 is 27.1 Å². The quantitative estimate of drug-likeness (QED) is 0.598. The summed E-state index contributed by atoms with van der Waals surface area (Å²) in [5.41, 5.74) is 0. The van der Waals surface area contributed by atoms with Crippen molar-refractivity contribution >= 4 is 15.9 Å². The third-order valence-electron chi connectivity index (χ3n) is 1.59. The van der Waals surface area contributed by atoms with Gasteiger partial charge in [-0.3, -0.25) is 4.90 Å². The Labute approximate surface area is 92.2 Å². The van der Waals surface area contributed by atoms with Gasteiger partial charge >= 0.3 is 6.18 Å². The monoisotopic (exact) mass is 299 g/mol. The van der Waals surface area contributed by atoms with Crippen LogP contribution in [-0.2, 0) is 0 Å². The summed E-state index contributed by atoms with van der Waals surface area (Å²) in [5, 5.41) is 8.48. The van der Waals surface area contributed by atoms with Crippen molar-refractivity contribution in [1.29, 1.82) is 0 Å². The van der Waals surface area contributed by atoms with E-state index in [0.29, 0.717) is 0 Å². The molecule has 0 aromatic heterocycles. The van der Waals surface area contributed by atoms with Crippen molar-refractivity contribution in [3.63, 3.8) is 0 Å². The van der Waals surface area contributed by atoms with Gasteiger partial charge in [0.25, 0.3) is 6.43 Å². The number of hydrogen-bond acceptors (Lipinski definition) is 2. The fourth-order valence-electron chi connectivity index (χ4n) is 0.924. The molecule has 0 spiro atoms. The Morgan fingerprint density at radius 1 is 1.20 bits per heavy atom. The minimum atomic E-state index is -4.48. The van der Waals surface area contributed by atoms with Crippen molar-refractivity contribution in [2.75, 3.05) is 26.2 Å². The van der Waals surface area contributed by atoms with Gasteiger partial charge in [0.05, 0.1) is 13.2 Å². The molecule has 8 heteroatoms. The number of nitrogens with zero attached hydrogens (tertiary/aromatic N) is 1. The van der Waals surface area contributed by atoms with Gasteiger partial charge in [0, 0.05) is 13.1 Å². The Bertz CT molecular complexity index is 177. The van der Waals surface area contributed by atoms with Crippen LogP contribution in [0.3, 0.4) is 0 Å². The highest BCUT2D eigenvalue weighted by Gasteiger charge is 2.38. The maximum Gasteiger partial charge on any atom is 0.402 e. The second-order valence-corrected chi connectivity index (χ2v) is 3.99. The lowest BCUT2D eigenvalue weighted by Gasteiger charge is -2.24. The molecule has 2 nitrogen and oxygen atoms in total. The third kappa shape index (κ3) is 7.02. The molecule has 0 aromatic carbocycles. The molecule has 0 aliphatic rings. The summed E-state index contributed by atoms with van der Waals surface area (Å²) in [6.45, 7) is -2.04. The topological polar surface area (TPSA) is 23.5 Å². The van der Waals surface area contributed by atoms with Crippen LogP contribution < -0.4 is 0 Å². The van der Waals surface area contributed by atoms with Crippen LogP contribution in [0.4, 0.5) is 22.0 Å². The molecule has 1 unspecified atom stereocenters. The first kappa shape index (κ1) is 15.0. The molecule has 15 heavy (non-hydrogen) atoms. The number of halogens is 6. The van der Waals surface area contributed by atoms with Gasteiger partial charge in [-0.1, -0.05) is 15.9 Å². The second-order valence-electron chi connectivity index (χ2n) is 2.88. The predicted molar refractivity (Wildman–Crippen MR) is 48.3 cm³/mol. The van der Waals surface area contributed by atoms with Crippen LogP contribution >= 0.6 is 15.9 Å². The number of hydrogen-bond donors (Lipinski definition) is 1. The minimum Gasteiger partial charge on any atom is -0.395 e. The molecule has 1 N–H and O–H groups in total. The molecule has 0 radical (unpaired) electrons. The first-order valence-electron chi connectivity index (χ1n) is 4.09. The maximum absolute atomic E-state index is 12.1. The van der Waals surface area contributed by atoms with Crippen LogP contribution in [0.1, 0.15) is 0 Å². The van der Waals surface area contributed by atoms with Gasteiger partial charge in [0.2, 0.25) is 0 Å². The average molecular weight is 300 g/mol. The van der Waals surface area contributed by atoms with Gasteiger partial charge in [0.15, 0.2) is 0 Å². The van der Waals surface area contributed by atoms with E-state index in [2.05, 4.69) is 15.9 Å². The smallest absolute Gasteiger partial charge is 0.395 e. The predicted octanol–water partition coefficient (Wildman–Crippen LogP) is 1.87. The summed E-state index contributed by atoms with van der Waals surface area (Å²) in [4.78, 5) is -1.01. The maximum atomic E-state index is 12.1. The van der Waals surface area contributed by atoms with Crippen molar-refractivity contribution in [2.45, 2.75) is 17.4 Å². The van der Waals surface area contributed by atoms with E-state index in [1.165, 1.54) is 0 Å². The lowest BCUT2D eigenvalue weighted by Crippen LogP contribution is -2.41. The van der Waals surface area contributed by atoms with Crippen LogP contribution in [-0.4, -0.2) is 53.7 Å². The molecular formula is C7H11BrF5NO. The van der Waals surface area contributed by atoms with Gasteiger partial charge in [-0.15, -0.1) is 0 Å². The number of rotatable bonds is 6. The van der Waals surface area contributed by atoms with E-state index >= 15 is 0 Å². The van der Waals surface area contributed by atoms with E-state index in [1.54, 1.807) is 0 Å². The molecular weight excluding hydrogens is 289 g/mol. The zero-order valence-corrected chi connectivity index (χ0v) is 9.23. The molecule has 0 aliphatic heterocycles. The molecule has 0 saturated carbocycles.